The largest absolute Gasteiger partial charge is 0.374 e. The van der Waals surface area contributed by atoms with Crippen LogP contribution >= 0.6 is 0 Å². The van der Waals surface area contributed by atoms with Crippen LogP contribution in [0.25, 0.3) is 0 Å². The second-order valence-corrected chi connectivity index (χ2v) is 2.03. The minimum atomic E-state index is -0.874. The number of hydrogen-bond donors (Lipinski definition) is 1. The number of aryl methyl sites for hydroxylation is 1. The fraction of sp³-hybridized carbons (Fsp3) is 0.286. The number of rotatable bonds is 1. The van der Waals surface area contributed by atoms with E-state index < -0.39 is 6.10 Å². The van der Waals surface area contributed by atoms with Crippen molar-refractivity contribution in [2.24, 2.45) is 7.05 Å². The molecule has 0 radical (unpaired) electrons. The number of aliphatic hydroxyl groups excluding tert-OH is 1. The summed E-state index contributed by atoms with van der Waals surface area (Å²) in [5.41, 5.74) is 0.519. The fourth-order valence-electron chi connectivity index (χ4n) is 0.660. The molecule has 0 saturated heterocycles. The lowest BCUT2D eigenvalue weighted by Gasteiger charge is -1.94. The van der Waals surface area contributed by atoms with E-state index in [1.54, 1.807) is 17.1 Å². The molecule has 1 heterocycles. The van der Waals surface area contributed by atoms with Gasteiger partial charge in [0.1, 0.15) is 0 Å². The molecule has 0 aromatic carbocycles. The third kappa shape index (κ3) is 1.17. The molecule has 1 aromatic rings. The molecule has 0 bridgehead atoms. The summed E-state index contributed by atoms with van der Waals surface area (Å²) in [5.74, 6) is 2.17. The lowest BCUT2D eigenvalue weighted by atomic mass is 10.3. The van der Waals surface area contributed by atoms with Crippen LogP contribution in [0, 0.1) is 12.3 Å². The Morgan fingerprint density at radius 3 is 3.00 bits per heavy atom. The summed E-state index contributed by atoms with van der Waals surface area (Å²) < 4.78 is 1.73. The molecule has 3 nitrogen and oxygen atoms in total. The molecule has 52 valence electrons. The van der Waals surface area contributed by atoms with Gasteiger partial charge in [-0.25, -0.2) is 4.98 Å². The maximum Gasteiger partial charge on any atom is 0.158 e. The lowest BCUT2D eigenvalue weighted by Crippen LogP contribution is -1.92. The molecule has 0 aliphatic heterocycles. The lowest BCUT2D eigenvalue weighted by molar-refractivity contribution is 0.234. The second kappa shape index (κ2) is 2.54. The topological polar surface area (TPSA) is 38.0 Å². The molecular formula is C7H8N2O. The van der Waals surface area contributed by atoms with Gasteiger partial charge in [-0.15, -0.1) is 6.42 Å². The minimum absolute atomic E-state index is 0.519. The first kappa shape index (κ1) is 6.84. The number of imidazole rings is 1. The highest BCUT2D eigenvalue weighted by Gasteiger charge is 2.04. The van der Waals surface area contributed by atoms with Crippen LogP contribution < -0.4 is 0 Å². The number of nitrogens with zero attached hydrogens (tertiary/aromatic N) is 2. The van der Waals surface area contributed by atoms with Crippen molar-refractivity contribution in [1.29, 1.82) is 0 Å². The van der Waals surface area contributed by atoms with Crippen molar-refractivity contribution in [3.63, 3.8) is 0 Å². The van der Waals surface area contributed by atoms with Gasteiger partial charge in [0.15, 0.2) is 6.10 Å². The van der Waals surface area contributed by atoms with Gasteiger partial charge in [-0.3, -0.25) is 0 Å². The monoisotopic (exact) mass is 136 g/mol. The smallest absolute Gasteiger partial charge is 0.158 e. The molecule has 0 spiro atoms. The van der Waals surface area contributed by atoms with E-state index in [4.69, 9.17) is 11.5 Å². The van der Waals surface area contributed by atoms with Gasteiger partial charge in [0.25, 0.3) is 0 Å². The Bertz CT molecular complexity index is 259. The van der Waals surface area contributed by atoms with Crippen molar-refractivity contribution in [1.82, 2.24) is 9.55 Å². The van der Waals surface area contributed by atoms with Crippen molar-refractivity contribution in [2.45, 2.75) is 6.10 Å². The zero-order valence-corrected chi connectivity index (χ0v) is 5.65. The summed E-state index contributed by atoms with van der Waals surface area (Å²) >= 11 is 0. The van der Waals surface area contributed by atoms with Crippen LogP contribution in [0.3, 0.4) is 0 Å². The molecule has 0 unspecified atom stereocenters. The van der Waals surface area contributed by atoms with Crippen molar-refractivity contribution >= 4 is 0 Å². The van der Waals surface area contributed by atoms with Crippen LogP contribution in [0.4, 0.5) is 0 Å². The Labute approximate surface area is 59.3 Å². The molecule has 1 rings (SSSR count). The molecule has 0 aliphatic carbocycles. The van der Waals surface area contributed by atoms with E-state index in [1.807, 2.05) is 7.05 Å². The van der Waals surface area contributed by atoms with Crippen LogP contribution in [-0.4, -0.2) is 14.7 Å². The first-order chi connectivity index (χ1) is 4.74. The van der Waals surface area contributed by atoms with Crippen molar-refractivity contribution in [3.05, 3.63) is 18.2 Å². The van der Waals surface area contributed by atoms with Crippen LogP contribution in [-0.2, 0) is 7.05 Å². The minimum Gasteiger partial charge on any atom is -0.374 e. The first-order valence-corrected chi connectivity index (χ1v) is 2.86. The average Bonchev–Trinajstić information content (AvgIpc) is 2.34. The Hall–Kier alpha value is -1.27. The van der Waals surface area contributed by atoms with E-state index in [2.05, 4.69) is 10.9 Å². The van der Waals surface area contributed by atoms with Crippen LogP contribution in [0.1, 0.15) is 11.8 Å². The Balaban J connectivity index is 2.87. The molecule has 0 saturated carbocycles. The molecule has 1 N–H and O–H groups in total. The van der Waals surface area contributed by atoms with E-state index in [0.29, 0.717) is 5.69 Å². The second-order valence-electron chi connectivity index (χ2n) is 2.03. The van der Waals surface area contributed by atoms with Gasteiger partial charge in [-0.1, -0.05) is 5.92 Å². The number of aliphatic hydroxyl groups is 1. The predicted octanol–water partition coefficient (Wildman–Crippen LogP) is 0.0867. The van der Waals surface area contributed by atoms with Crippen molar-refractivity contribution < 1.29 is 5.11 Å². The van der Waals surface area contributed by atoms with Gasteiger partial charge in [-0.05, 0) is 0 Å². The molecule has 0 aliphatic rings. The highest BCUT2D eigenvalue weighted by atomic mass is 16.3. The Kier molecular flexibility index (Phi) is 1.74. The number of aromatic nitrogens is 2. The van der Waals surface area contributed by atoms with E-state index in [1.165, 1.54) is 0 Å². The highest BCUT2D eigenvalue weighted by molar-refractivity contribution is 5.11. The van der Waals surface area contributed by atoms with Crippen LogP contribution in [0.15, 0.2) is 12.5 Å². The molecule has 1 aromatic heterocycles. The quantitative estimate of drug-likeness (QED) is 0.555. The van der Waals surface area contributed by atoms with Gasteiger partial charge >= 0.3 is 0 Å². The first-order valence-electron chi connectivity index (χ1n) is 2.86. The molecule has 0 fully saturated rings. The molecule has 0 amide bonds. The van der Waals surface area contributed by atoms with Gasteiger partial charge in [0, 0.05) is 13.2 Å². The summed E-state index contributed by atoms with van der Waals surface area (Å²) in [6.07, 6.45) is 7.37. The highest BCUT2D eigenvalue weighted by Crippen LogP contribution is 2.06. The van der Waals surface area contributed by atoms with Crippen LogP contribution in [0.2, 0.25) is 0 Å². The molecule has 10 heavy (non-hydrogen) atoms. The van der Waals surface area contributed by atoms with E-state index in [0.717, 1.165) is 0 Å². The molecule has 3 heteroatoms. The third-order valence-corrected chi connectivity index (χ3v) is 1.16. The average molecular weight is 136 g/mol. The fourth-order valence-corrected chi connectivity index (χ4v) is 0.660. The third-order valence-electron chi connectivity index (χ3n) is 1.16. The standard InChI is InChI=1S/C7H8N2O/c1-3-7(10)6-4-9(2)5-8-6/h1,4-5,7,10H,2H3/t7-/m0/s1. The normalized spacial score (nSPS) is 12.5. The summed E-state index contributed by atoms with van der Waals surface area (Å²) in [5, 5.41) is 9.03. The number of hydrogen-bond acceptors (Lipinski definition) is 2. The van der Waals surface area contributed by atoms with Gasteiger partial charge in [0.2, 0.25) is 0 Å². The Morgan fingerprint density at radius 2 is 2.60 bits per heavy atom. The summed E-state index contributed by atoms with van der Waals surface area (Å²) in [7, 11) is 1.82. The molecular weight excluding hydrogens is 128 g/mol. The predicted molar refractivity (Wildman–Crippen MR) is 37.0 cm³/mol. The summed E-state index contributed by atoms with van der Waals surface area (Å²) in [6.45, 7) is 0. The maximum absolute atomic E-state index is 9.03. The van der Waals surface area contributed by atoms with E-state index in [9.17, 15) is 0 Å². The zero-order chi connectivity index (χ0) is 7.56. The van der Waals surface area contributed by atoms with Crippen molar-refractivity contribution in [2.75, 3.05) is 0 Å². The Morgan fingerprint density at radius 1 is 1.90 bits per heavy atom. The van der Waals surface area contributed by atoms with Crippen molar-refractivity contribution in [3.8, 4) is 12.3 Å². The van der Waals surface area contributed by atoms with Gasteiger partial charge in [-0.2, -0.15) is 0 Å². The van der Waals surface area contributed by atoms with Gasteiger partial charge in [0.05, 0.1) is 12.0 Å². The maximum atomic E-state index is 9.03. The summed E-state index contributed by atoms with van der Waals surface area (Å²) in [6, 6.07) is 0. The summed E-state index contributed by atoms with van der Waals surface area (Å²) in [4.78, 5) is 3.86. The zero-order valence-electron chi connectivity index (χ0n) is 5.65. The van der Waals surface area contributed by atoms with Gasteiger partial charge < -0.3 is 9.67 Å². The van der Waals surface area contributed by atoms with Crippen LogP contribution in [0.5, 0.6) is 0 Å². The van der Waals surface area contributed by atoms with E-state index >= 15 is 0 Å². The SMILES string of the molecule is C#C[C@H](O)c1cn(C)cn1. The van der Waals surface area contributed by atoms with E-state index in [-0.39, 0.29) is 0 Å². The molecule has 1 atom stereocenters. The number of terminal acetylenes is 1.